The first kappa shape index (κ1) is 21.5. The van der Waals surface area contributed by atoms with Crippen molar-refractivity contribution >= 4 is 45.1 Å². The first-order valence-electron chi connectivity index (χ1n) is 7.60. The Hall–Kier alpha value is -1.18. The predicted octanol–water partition coefficient (Wildman–Crippen LogP) is -0.540. The number of hydrogen-bond acceptors (Lipinski definition) is 12. The minimum Gasteiger partial charge on any atom is -0.387 e. The number of halogens is 1. The highest BCUT2D eigenvalue weighted by Crippen LogP contribution is 2.34. The lowest BCUT2D eigenvalue weighted by molar-refractivity contribution is -0.0489. The second-order valence-electron chi connectivity index (χ2n) is 5.48. The first-order valence-corrected chi connectivity index (χ1v) is 10.5. The third-order valence-electron chi connectivity index (χ3n) is 3.76. The second kappa shape index (κ2) is 9.09. The van der Waals surface area contributed by atoms with Crippen molar-refractivity contribution in [2.24, 2.45) is 0 Å². The molecule has 0 aliphatic carbocycles. The number of aromatic nitrogens is 4. The van der Waals surface area contributed by atoms with Crippen LogP contribution in [-0.2, 0) is 27.4 Å². The maximum absolute atomic E-state index is 11.6. The molecule has 28 heavy (non-hydrogen) atoms. The molecule has 3 heterocycles. The third-order valence-corrected chi connectivity index (χ3v) is 5.05. The molecule has 0 saturated carbocycles. The average molecular weight is 460 g/mol. The van der Waals surface area contributed by atoms with E-state index in [1.165, 1.54) is 10.9 Å². The van der Waals surface area contributed by atoms with Crippen LogP contribution in [-0.4, -0.2) is 66.3 Å². The number of aliphatic hydroxyl groups is 2. The molecule has 3 rings (SSSR count). The lowest BCUT2D eigenvalue weighted by atomic mass is 10.1. The van der Waals surface area contributed by atoms with E-state index in [0.717, 1.165) is 0 Å². The maximum Gasteiger partial charge on any atom is 0.321 e. The summed E-state index contributed by atoms with van der Waals surface area (Å²) in [6.45, 7) is -1.10. The van der Waals surface area contributed by atoms with Gasteiger partial charge in [-0.15, -0.1) is 0 Å². The molecule has 0 aromatic carbocycles. The minimum atomic E-state index is -3.22. The van der Waals surface area contributed by atoms with Gasteiger partial charge < -0.3 is 30.1 Å². The number of rotatable bonds is 8. The molecule has 6 atom stereocenters. The van der Waals surface area contributed by atoms with Gasteiger partial charge in [0.1, 0.15) is 23.8 Å². The number of fused-ring (bicyclic) bond motifs is 1. The monoisotopic (exact) mass is 459 g/mol. The fourth-order valence-electron chi connectivity index (χ4n) is 2.51. The Morgan fingerprint density at radius 2 is 2.00 bits per heavy atom. The molecule has 2 aromatic rings. The van der Waals surface area contributed by atoms with Gasteiger partial charge in [-0.05, 0) is 11.6 Å². The Kier molecular flexibility index (Phi) is 6.99. The Morgan fingerprint density at radius 3 is 2.71 bits per heavy atom. The molecule has 0 spiro atoms. The number of anilines is 1. The zero-order chi connectivity index (χ0) is 20.4. The van der Waals surface area contributed by atoms with Crippen molar-refractivity contribution in [2.45, 2.75) is 24.5 Å². The van der Waals surface area contributed by atoms with Crippen LogP contribution in [0.1, 0.15) is 6.23 Å². The van der Waals surface area contributed by atoms with Gasteiger partial charge >= 0.3 is 16.5 Å². The van der Waals surface area contributed by atoms with Crippen LogP contribution in [0.25, 0.3) is 11.2 Å². The van der Waals surface area contributed by atoms with Gasteiger partial charge in [-0.2, -0.15) is 9.97 Å². The number of hydrogen-bond donors (Lipinski definition) is 4. The summed E-state index contributed by atoms with van der Waals surface area (Å²) in [6.07, 6.45) is -3.67. The molecular weight excluding hydrogens is 444 g/mol. The third kappa shape index (κ3) is 4.69. The maximum atomic E-state index is 11.6. The van der Waals surface area contributed by atoms with E-state index in [1.807, 2.05) is 0 Å². The molecule has 156 valence electrons. The van der Waals surface area contributed by atoms with E-state index < -0.39 is 54.4 Å². The fraction of sp³-hybridized carbons (Fsp3) is 0.545. The molecule has 2 unspecified atom stereocenters. The van der Waals surface area contributed by atoms with E-state index >= 15 is 0 Å². The standard InChI is InChI=1S/C11H16ClN5O9P2/c12-11-15-8(13)5-9(16-11)17(2-14-5)10-7(19)6(18)4(26-10)1-23-28(22)25-3-24-27(20)21/h2,4,6-7,10,18-19,27-28H,1,3H2,(H,20,21)(H2,13,15,16)/t4-,6-,7-,10-/m1/s1. The lowest BCUT2D eigenvalue weighted by Gasteiger charge is -2.16. The van der Waals surface area contributed by atoms with Gasteiger partial charge in [0.2, 0.25) is 5.28 Å². The van der Waals surface area contributed by atoms with Crippen LogP contribution >= 0.6 is 28.1 Å². The zero-order valence-corrected chi connectivity index (χ0v) is 16.6. The normalized spacial score (nSPS) is 27.3. The molecule has 0 radical (unpaired) electrons. The second-order valence-corrected chi connectivity index (χ2v) is 7.72. The highest BCUT2D eigenvalue weighted by molar-refractivity contribution is 7.33. The quantitative estimate of drug-likeness (QED) is 0.223. The van der Waals surface area contributed by atoms with E-state index in [9.17, 15) is 19.3 Å². The van der Waals surface area contributed by atoms with Crippen LogP contribution in [0.4, 0.5) is 5.82 Å². The smallest absolute Gasteiger partial charge is 0.321 e. The van der Waals surface area contributed by atoms with E-state index in [1.54, 1.807) is 0 Å². The number of nitrogens with two attached hydrogens (primary N) is 1. The Bertz CT molecular complexity index is 901. The van der Waals surface area contributed by atoms with Gasteiger partial charge in [0.15, 0.2) is 24.5 Å². The summed E-state index contributed by atoms with van der Waals surface area (Å²) in [7, 11) is -6.30. The molecule has 0 amide bonds. The largest absolute Gasteiger partial charge is 0.387 e. The SMILES string of the molecule is Nc1nc(Cl)nc2c1ncn2[C@@H]1O[C@H](CO[PH](=O)OCO[PH](=O)O)[C@@H](O)[C@H]1O. The van der Waals surface area contributed by atoms with Crippen LogP contribution in [0.5, 0.6) is 0 Å². The summed E-state index contributed by atoms with van der Waals surface area (Å²) in [6, 6.07) is 0. The number of imidazole rings is 1. The highest BCUT2D eigenvalue weighted by atomic mass is 35.5. The van der Waals surface area contributed by atoms with Crippen molar-refractivity contribution in [1.82, 2.24) is 19.5 Å². The van der Waals surface area contributed by atoms with Gasteiger partial charge in [0.25, 0.3) is 0 Å². The summed E-state index contributed by atoms with van der Waals surface area (Å²) >= 11 is 5.79. The van der Waals surface area contributed by atoms with Crippen LogP contribution in [0.3, 0.4) is 0 Å². The number of nitrogens with zero attached hydrogens (tertiary/aromatic N) is 4. The molecule has 2 aromatic heterocycles. The molecule has 0 bridgehead atoms. The summed E-state index contributed by atoms with van der Waals surface area (Å²) in [5.41, 5.74) is 6.14. The van der Waals surface area contributed by atoms with E-state index in [0.29, 0.717) is 0 Å². The summed E-state index contributed by atoms with van der Waals surface area (Å²) in [5.74, 6) is 0.0325. The van der Waals surface area contributed by atoms with Crippen molar-refractivity contribution in [3.8, 4) is 0 Å². The van der Waals surface area contributed by atoms with Gasteiger partial charge in [0, 0.05) is 0 Å². The Morgan fingerprint density at radius 1 is 1.25 bits per heavy atom. The van der Waals surface area contributed by atoms with E-state index in [-0.39, 0.29) is 22.3 Å². The molecule has 17 heteroatoms. The van der Waals surface area contributed by atoms with Crippen molar-refractivity contribution in [2.75, 3.05) is 19.1 Å². The molecule has 1 aliphatic heterocycles. The number of ether oxygens (including phenoxy) is 1. The van der Waals surface area contributed by atoms with E-state index in [4.69, 9.17) is 31.5 Å². The van der Waals surface area contributed by atoms with Gasteiger partial charge in [-0.25, -0.2) is 4.98 Å². The highest BCUT2D eigenvalue weighted by Gasteiger charge is 2.44. The van der Waals surface area contributed by atoms with Gasteiger partial charge in [-0.3, -0.25) is 22.7 Å². The van der Waals surface area contributed by atoms with Crippen molar-refractivity contribution in [1.29, 1.82) is 0 Å². The summed E-state index contributed by atoms with van der Waals surface area (Å²) < 4.78 is 42.5. The van der Waals surface area contributed by atoms with Gasteiger partial charge in [-0.1, -0.05) is 0 Å². The first-order chi connectivity index (χ1) is 13.3. The summed E-state index contributed by atoms with van der Waals surface area (Å²) in [5, 5.41) is 20.3. The lowest BCUT2D eigenvalue weighted by Crippen LogP contribution is -2.33. The Balaban J connectivity index is 1.66. The molecule has 14 nitrogen and oxygen atoms in total. The average Bonchev–Trinajstić information content (AvgIpc) is 3.15. The van der Waals surface area contributed by atoms with Crippen LogP contribution in [0.2, 0.25) is 5.28 Å². The zero-order valence-electron chi connectivity index (χ0n) is 13.8. The molecule has 1 saturated heterocycles. The fourth-order valence-corrected chi connectivity index (χ4v) is 3.50. The number of aliphatic hydroxyl groups excluding tert-OH is 2. The van der Waals surface area contributed by atoms with Crippen molar-refractivity contribution in [3.63, 3.8) is 0 Å². The van der Waals surface area contributed by atoms with Gasteiger partial charge in [0.05, 0.1) is 12.9 Å². The van der Waals surface area contributed by atoms with Crippen LogP contribution in [0.15, 0.2) is 6.33 Å². The van der Waals surface area contributed by atoms with Crippen molar-refractivity contribution < 1.29 is 42.5 Å². The Labute approximate surface area is 163 Å². The predicted molar refractivity (Wildman–Crippen MR) is 93.9 cm³/mol. The van der Waals surface area contributed by atoms with Crippen LogP contribution < -0.4 is 5.73 Å². The van der Waals surface area contributed by atoms with Crippen molar-refractivity contribution in [3.05, 3.63) is 11.6 Å². The molecular formula is C11H16ClN5O9P2. The van der Waals surface area contributed by atoms with E-state index in [2.05, 4.69) is 24.0 Å². The number of nitrogen functional groups attached to an aromatic ring is 1. The molecule has 1 aliphatic rings. The summed E-state index contributed by atoms with van der Waals surface area (Å²) in [4.78, 5) is 20.3. The topological polar surface area (TPSA) is 201 Å². The van der Waals surface area contributed by atoms with Crippen LogP contribution in [0, 0.1) is 0 Å². The minimum absolute atomic E-state index is 0.0325. The molecule has 1 fully saturated rings. The molecule has 5 N–H and O–H groups in total.